The Morgan fingerprint density at radius 1 is 1.00 bits per heavy atom. The SMILES string of the molecule is C=Cc1ccc(-c2ccccc2CCl)cc1. The number of halogens is 1. The van der Waals surface area contributed by atoms with Gasteiger partial charge in [-0.15, -0.1) is 11.6 Å². The molecule has 0 radical (unpaired) electrons. The lowest BCUT2D eigenvalue weighted by Gasteiger charge is -2.07. The maximum Gasteiger partial charge on any atom is 0.0480 e. The number of alkyl halides is 1. The monoisotopic (exact) mass is 228 g/mol. The molecule has 0 N–H and O–H groups in total. The molecule has 0 atom stereocenters. The highest BCUT2D eigenvalue weighted by Gasteiger charge is 2.02. The first kappa shape index (κ1) is 11.0. The normalized spacial score (nSPS) is 10.1. The largest absolute Gasteiger partial charge is 0.122 e. The molecule has 0 aliphatic carbocycles. The van der Waals surface area contributed by atoms with Gasteiger partial charge < -0.3 is 0 Å². The van der Waals surface area contributed by atoms with Gasteiger partial charge in [0, 0.05) is 5.88 Å². The maximum atomic E-state index is 5.92. The lowest BCUT2D eigenvalue weighted by Crippen LogP contribution is -1.85. The molecule has 0 spiro atoms. The molecule has 0 amide bonds. The number of hydrogen-bond donors (Lipinski definition) is 0. The summed E-state index contributed by atoms with van der Waals surface area (Å²) in [5.74, 6) is 0.541. The standard InChI is InChI=1S/C15H13Cl/c1-2-12-7-9-13(10-8-12)15-6-4-3-5-14(15)11-16/h2-10H,1,11H2. The minimum absolute atomic E-state index is 0.541. The number of hydrogen-bond acceptors (Lipinski definition) is 0. The predicted molar refractivity (Wildman–Crippen MR) is 71.5 cm³/mol. The van der Waals surface area contributed by atoms with E-state index in [1.807, 2.05) is 18.2 Å². The van der Waals surface area contributed by atoms with E-state index >= 15 is 0 Å². The molecule has 0 aliphatic rings. The van der Waals surface area contributed by atoms with Crippen molar-refractivity contribution in [2.24, 2.45) is 0 Å². The average Bonchev–Trinajstić information content (AvgIpc) is 2.39. The Morgan fingerprint density at radius 2 is 1.69 bits per heavy atom. The van der Waals surface area contributed by atoms with E-state index in [2.05, 4.69) is 43.0 Å². The summed E-state index contributed by atoms with van der Waals surface area (Å²) < 4.78 is 0. The summed E-state index contributed by atoms with van der Waals surface area (Å²) in [5, 5.41) is 0. The molecule has 2 rings (SSSR count). The molecule has 0 fully saturated rings. The summed E-state index contributed by atoms with van der Waals surface area (Å²) in [7, 11) is 0. The van der Waals surface area contributed by atoms with Crippen LogP contribution in [-0.2, 0) is 5.88 Å². The molecule has 0 aromatic heterocycles. The Bertz CT molecular complexity index is 483. The average molecular weight is 229 g/mol. The summed E-state index contributed by atoms with van der Waals surface area (Å²) in [5.41, 5.74) is 4.69. The maximum absolute atomic E-state index is 5.92. The summed E-state index contributed by atoms with van der Waals surface area (Å²) >= 11 is 5.92. The minimum Gasteiger partial charge on any atom is -0.122 e. The fourth-order valence-electron chi connectivity index (χ4n) is 1.72. The number of benzene rings is 2. The van der Waals surface area contributed by atoms with Crippen LogP contribution in [0.4, 0.5) is 0 Å². The zero-order chi connectivity index (χ0) is 11.4. The van der Waals surface area contributed by atoms with Gasteiger partial charge in [-0.2, -0.15) is 0 Å². The fourth-order valence-corrected chi connectivity index (χ4v) is 1.95. The van der Waals surface area contributed by atoms with Crippen molar-refractivity contribution in [3.05, 3.63) is 66.2 Å². The van der Waals surface area contributed by atoms with Crippen molar-refractivity contribution in [2.45, 2.75) is 5.88 Å². The highest BCUT2D eigenvalue weighted by Crippen LogP contribution is 2.25. The fraction of sp³-hybridized carbons (Fsp3) is 0.0667. The van der Waals surface area contributed by atoms with Gasteiger partial charge in [-0.1, -0.05) is 61.2 Å². The lowest BCUT2D eigenvalue weighted by atomic mass is 9.99. The van der Waals surface area contributed by atoms with E-state index in [1.165, 1.54) is 11.1 Å². The molecule has 0 bridgehead atoms. The van der Waals surface area contributed by atoms with Crippen LogP contribution in [0.25, 0.3) is 17.2 Å². The molecule has 0 unspecified atom stereocenters. The Labute approximate surface area is 101 Å². The third kappa shape index (κ3) is 2.17. The van der Waals surface area contributed by atoms with Crippen molar-refractivity contribution >= 4 is 17.7 Å². The van der Waals surface area contributed by atoms with E-state index < -0.39 is 0 Å². The summed E-state index contributed by atoms with van der Waals surface area (Å²) in [6.45, 7) is 3.75. The van der Waals surface area contributed by atoms with Gasteiger partial charge in [0.1, 0.15) is 0 Å². The van der Waals surface area contributed by atoms with Crippen LogP contribution >= 0.6 is 11.6 Å². The van der Waals surface area contributed by atoms with Crippen LogP contribution in [0.5, 0.6) is 0 Å². The topological polar surface area (TPSA) is 0 Å². The second-order valence-corrected chi connectivity index (χ2v) is 3.88. The lowest BCUT2D eigenvalue weighted by molar-refractivity contribution is 1.40. The number of rotatable bonds is 3. The van der Waals surface area contributed by atoms with Gasteiger partial charge in [0.05, 0.1) is 0 Å². The van der Waals surface area contributed by atoms with Gasteiger partial charge in [-0.05, 0) is 22.3 Å². The van der Waals surface area contributed by atoms with Crippen LogP contribution in [0.15, 0.2) is 55.1 Å². The molecular weight excluding hydrogens is 216 g/mol. The van der Waals surface area contributed by atoms with Gasteiger partial charge in [0.2, 0.25) is 0 Å². The molecule has 2 aromatic carbocycles. The molecule has 0 saturated carbocycles. The smallest absolute Gasteiger partial charge is 0.0480 e. The first-order valence-electron chi connectivity index (χ1n) is 5.22. The van der Waals surface area contributed by atoms with E-state index in [1.54, 1.807) is 0 Å². The van der Waals surface area contributed by atoms with Gasteiger partial charge in [0.15, 0.2) is 0 Å². The van der Waals surface area contributed by atoms with Gasteiger partial charge >= 0.3 is 0 Å². The highest BCUT2D eigenvalue weighted by atomic mass is 35.5. The van der Waals surface area contributed by atoms with E-state index in [0.29, 0.717) is 5.88 Å². The zero-order valence-corrected chi connectivity index (χ0v) is 9.74. The molecule has 0 aliphatic heterocycles. The third-order valence-electron chi connectivity index (χ3n) is 2.62. The molecule has 16 heavy (non-hydrogen) atoms. The van der Waals surface area contributed by atoms with E-state index in [0.717, 1.165) is 11.1 Å². The van der Waals surface area contributed by atoms with Gasteiger partial charge in [-0.25, -0.2) is 0 Å². The molecule has 1 heteroatoms. The molecule has 0 nitrogen and oxygen atoms in total. The Kier molecular flexibility index (Phi) is 3.43. The van der Waals surface area contributed by atoms with Gasteiger partial charge in [-0.3, -0.25) is 0 Å². The third-order valence-corrected chi connectivity index (χ3v) is 2.91. The van der Waals surface area contributed by atoms with Crippen LogP contribution in [0, 0.1) is 0 Å². The van der Waals surface area contributed by atoms with Crippen LogP contribution in [0.3, 0.4) is 0 Å². The van der Waals surface area contributed by atoms with Crippen molar-refractivity contribution in [1.29, 1.82) is 0 Å². The highest BCUT2D eigenvalue weighted by molar-refractivity contribution is 6.17. The van der Waals surface area contributed by atoms with Crippen molar-refractivity contribution in [3.63, 3.8) is 0 Å². The predicted octanol–water partition coefficient (Wildman–Crippen LogP) is 4.74. The van der Waals surface area contributed by atoms with Gasteiger partial charge in [0.25, 0.3) is 0 Å². The van der Waals surface area contributed by atoms with Crippen molar-refractivity contribution in [1.82, 2.24) is 0 Å². The van der Waals surface area contributed by atoms with E-state index in [-0.39, 0.29) is 0 Å². The van der Waals surface area contributed by atoms with E-state index in [4.69, 9.17) is 11.6 Å². The Balaban J connectivity index is 2.45. The Hall–Kier alpha value is -1.53. The molecule has 80 valence electrons. The quantitative estimate of drug-likeness (QED) is 0.666. The van der Waals surface area contributed by atoms with Crippen LogP contribution in [0.2, 0.25) is 0 Å². The second-order valence-electron chi connectivity index (χ2n) is 3.62. The zero-order valence-electron chi connectivity index (χ0n) is 8.99. The molecule has 0 saturated heterocycles. The van der Waals surface area contributed by atoms with Crippen molar-refractivity contribution in [3.8, 4) is 11.1 Å². The summed E-state index contributed by atoms with van der Waals surface area (Å²) in [4.78, 5) is 0. The van der Waals surface area contributed by atoms with Crippen LogP contribution in [0.1, 0.15) is 11.1 Å². The molecule has 2 aromatic rings. The van der Waals surface area contributed by atoms with Crippen LogP contribution in [-0.4, -0.2) is 0 Å². The molecule has 0 heterocycles. The molecular formula is C15H13Cl. The first-order chi connectivity index (χ1) is 7.85. The van der Waals surface area contributed by atoms with Crippen molar-refractivity contribution < 1.29 is 0 Å². The van der Waals surface area contributed by atoms with Crippen molar-refractivity contribution in [2.75, 3.05) is 0 Å². The van der Waals surface area contributed by atoms with E-state index in [9.17, 15) is 0 Å². The minimum atomic E-state index is 0.541. The second kappa shape index (κ2) is 5.00. The summed E-state index contributed by atoms with van der Waals surface area (Å²) in [6, 6.07) is 16.5. The van der Waals surface area contributed by atoms with Crippen LogP contribution < -0.4 is 0 Å². The first-order valence-corrected chi connectivity index (χ1v) is 5.75. The summed E-state index contributed by atoms with van der Waals surface area (Å²) in [6.07, 6.45) is 1.84. The Morgan fingerprint density at radius 3 is 2.31 bits per heavy atom.